The molecule has 0 radical (unpaired) electrons. The highest BCUT2D eigenvalue weighted by atomic mass is 35.5. The van der Waals surface area contributed by atoms with Crippen molar-refractivity contribution < 1.29 is 8.42 Å². The number of allylic oxidation sites excluding steroid dienone is 1. The number of halogens is 2. The number of sulfonamides is 1. The van der Waals surface area contributed by atoms with Crippen molar-refractivity contribution in [3.05, 3.63) is 40.9 Å². The predicted octanol–water partition coefficient (Wildman–Crippen LogP) is 2.28. The monoisotopic (exact) mass is 304 g/mol. The van der Waals surface area contributed by atoms with Gasteiger partial charge in [-0.15, -0.1) is 11.6 Å². The third kappa shape index (κ3) is 4.00. The summed E-state index contributed by atoms with van der Waals surface area (Å²) >= 11 is 11.2. The fourth-order valence-electron chi connectivity index (χ4n) is 1.17. The normalized spacial score (nSPS) is 11.6. The topological polar surface area (TPSA) is 70.0 Å². The van der Waals surface area contributed by atoms with Crippen LogP contribution in [-0.4, -0.2) is 20.8 Å². The maximum Gasteiger partial charge on any atom is 0.242 e. The van der Waals surface area contributed by atoms with Gasteiger partial charge in [0.1, 0.15) is 4.90 Å². The first-order chi connectivity index (χ1) is 8.51. The highest BCUT2D eigenvalue weighted by molar-refractivity contribution is 7.89. The second-order valence-corrected chi connectivity index (χ2v) is 5.69. The summed E-state index contributed by atoms with van der Waals surface area (Å²) in [7, 11) is -3.68. The molecular formula is C11H10Cl2N2O2S. The van der Waals surface area contributed by atoms with Crippen molar-refractivity contribution in [2.45, 2.75) is 4.90 Å². The Morgan fingerprint density at radius 3 is 2.67 bits per heavy atom. The first-order valence-corrected chi connectivity index (χ1v) is 7.31. The van der Waals surface area contributed by atoms with Crippen molar-refractivity contribution in [1.82, 2.24) is 4.72 Å². The smallest absolute Gasteiger partial charge is 0.207 e. The van der Waals surface area contributed by atoms with Gasteiger partial charge in [-0.3, -0.25) is 0 Å². The summed E-state index contributed by atoms with van der Waals surface area (Å²) in [6.45, 7) is 0.130. The molecule has 0 atom stereocenters. The molecule has 1 N–H and O–H groups in total. The molecule has 18 heavy (non-hydrogen) atoms. The van der Waals surface area contributed by atoms with E-state index in [1.54, 1.807) is 12.2 Å². The molecule has 0 bridgehead atoms. The molecule has 1 aromatic carbocycles. The third-order valence-corrected chi connectivity index (χ3v) is 4.08. The van der Waals surface area contributed by atoms with Crippen LogP contribution in [0.1, 0.15) is 5.56 Å². The molecule has 1 aromatic rings. The Hall–Kier alpha value is -1.06. The van der Waals surface area contributed by atoms with Crippen molar-refractivity contribution in [1.29, 1.82) is 5.26 Å². The van der Waals surface area contributed by atoms with Gasteiger partial charge < -0.3 is 0 Å². The number of nitrogens with one attached hydrogen (secondary N) is 1. The molecule has 0 aliphatic rings. The van der Waals surface area contributed by atoms with Gasteiger partial charge in [0.25, 0.3) is 0 Å². The summed E-state index contributed by atoms with van der Waals surface area (Å²) in [5.74, 6) is 0.319. The van der Waals surface area contributed by atoms with Crippen molar-refractivity contribution in [2.24, 2.45) is 0 Å². The van der Waals surface area contributed by atoms with E-state index >= 15 is 0 Å². The number of rotatable bonds is 5. The first-order valence-electron chi connectivity index (χ1n) is 4.91. The Morgan fingerprint density at radius 1 is 1.39 bits per heavy atom. The van der Waals surface area contributed by atoms with Gasteiger partial charge in [0.15, 0.2) is 0 Å². The summed E-state index contributed by atoms with van der Waals surface area (Å²) in [4.78, 5) is -0.0533. The van der Waals surface area contributed by atoms with Gasteiger partial charge in [-0.1, -0.05) is 23.8 Å². The zero-order valence-corrected chi connectivity index (χ0v) is 11.6. The minimum atomic E-state index is -3.68. The molecule has 0 unspecified atom stereocenters. The maximum atomic E-state index is 11.9. The lowest BCUT2D eigenvalue weighted by atomic mass is 10.2. The van der Waals surface area contributed by atoms with Gasteiger partial charge in [-0.25, -0.2) is 13.1 Å². The molecule has 1 rings (SSSR count). The standard InChI is InChI=1S/C11H10Cl2N2O2S/c12-5-1-2-6-15-18(16,17)11-4-3-9(8-14)7-10(11)13/h1-4,7,15H,5-6H2/b2-1+. The molecular weight excluding hydrogens is 295 g/mol. The van der Waals surface area contributed by atoms with Crippen molar-refractivity contribution in [2.75, 3.05) is 12.4 Å². The van der Waals surface area contributed by atoms with Crippen molar-refractivity contribution >= 4 is 33.2 Å². The van der Waals surface area contributed by atoms with E-state index in [9.17, 15) is 8.42 Å². The van der Waals surface area contributed by atoms with Gasteiger partial charge in [0.2, 0.25) is 10.0 Å². The summed E-state index contributed by atoms with van der Waals surface area (Å²) in [6.07, 6.45) is 3.23. The van der Waals surface area contributed by atoms with E-state index in [-0.39, 0.29) is 16.5 Å². The second-order valence-electron chi connectivity index (χ2n) is 3.23. The second kappa shape index (κ2) is 6.76. The van der Waals surface area contributed by atoms with Gasteiger partial charge in [-0.2, -0.15) is 5.26 Å². The van der Waals surface area contributed by atoms with E-state index in [0.717, 1.165) is 0 Å². The Labute approximate surface area is 116 Å². The largest absolute Gasteiger partial charge is 0.242 e. The van der Waals surface area contributed by atoms with Crippen LogP contribution in [-0.2, 0) is 10.0 Å². The van der Waals surface area contributed by atoms with Crippen molar-refractivity contribution in [3.8, 4) is 6.07 Å². The third-order valence-electron chi connectivity index (χ3n) is 2.00. The van der Waals surface area contributed by atoms with E-state index in [1.807, 2.05) is 6.07 Å². The van der Waals surface area contributed by atoms with E-state index in [1.165, 1.54) is 18.2 Å². The molecule has 0 aromatic heterocycles. The van der Waals surface area contributed by atoms with Gasteiger partial charge in [0, 0.05) is 12.4 Å². The molecule has 0 saturated carbocycles. The Morgan fingerprint density at radius 2 is 2.11 bits per heavy atom. The fourth-order valence-corrected chi connectivity index (χ4v) is 2.82. The zero-order chi connectivity index (χ0) is 13.6. The summed E-state index contributed by atoms with van der Waals surface area (Å²) < 4.78 is 26.1. The molecule has 0 heterocycles. The SMILES string of the molecule is N#Cc1ccc(S(=O)(=O)NC/C=C/CCl)c(Cl)c1. The number of hydrogen-bond donors (Lipinski definition) is 1. The number of hydrogen-bond acceptors (Lipinski definition) is 3. The molecule has 0 saturated heterocycles. The lowest BCUT2D eigenvalue weighted by Crippen LogP contribution is -2.24. The van der Waals surface area contributed by atoms with Gasteiger partial charge >= 0.3 is 0 Å². The van der Waals surface area contributed by atoms with Crippen LogP contribution < -0.4 is 4.72 Å². The summed E-state index contributed by atoms with van der Waals surface area (Å²) in [5, 5.41) is 8.68. The average Bonchev–Trinajstić information content (AvgIpc) is 2.34. The van der Waals surface area contributed by atoms with Crippen LogP contribution >= 0.6 is 23.2 Å². The Bertz CT molecular complexity index is 592. The fraction of sp³-hybridized carbons (Fsp3) is 0.182. The Balaban J connectivity index is 2.92. The molecule has 7 heteroatoms. The number of benzene rings is 1. The summed E-state index contributed by atoms with van der Waals surface area (Å²) in [6, 6.07) is 5.89. The number of nitrogens with zero attached hydrogens (tertiary/aromatic N) is 1. The van der Waals surface area contributed by atoms with Crippen LogP contribution in [0.25, 0.3) is 0 Å². The van der Waals surface area contributed by atoms with E-state index < -0.39 is 10.0 Å². The van der Waals surface area contributed by atoms with Gasteiger partial charge in [-0.05, 0) is 18.2 Å². The zero-order valence-electron chi connectivity index (χ0n) is 9.23. The molecule has 96 valence electrons. The van der Waals surface area contributed by atoms with Crippen LogP contribution in [0, 0.1) is 11.3 Å². The summed E-state index contributed by atoms with van der Waals surface area (Å²) in [5.41, 5.74) is 0.306. The Kier molecular flexibility index (Phi) is 5.63. The van der Waals surface area contributed by atoms with Crippen molar-refractivity contribution in [3.63, 3.8) is 0 Å². The highest BCUT2D eigenvalue weighted by Gasteiger charge is 2.16. The number of nitriles is 1. The van der Waals surface area contributed by atoms with Crippen LogP contribution in [0.15, 0.2) is 35.2 Å². The van der Waals surface area contributed by atoms with Crippen LogP contribution in [0.4, 0.5) is 0 Å². The van der Waals surface area contributed by atoms with Crippen LogP contribution in [0.5, 0.6) is 0 Å². The first kappa shape index (κ1) is 15.0. The molecule has 0 amide bonds. The van der Waals surface area contributed by atoms with E-state index in [2.05, 4.69) is 4.72 Å². The van der Waals surface area contributed by atoms with E-state index in [4.69, 9.17) is 28.5 Å². The average molecular weight is 305 g/mol. The quantitative estimate of drug-likeness (QED) is 0.670. The molecule has 0 aliphatic heterocycles. The van der Waals surface area contributed by atoms with Crippen LogP contribution in [0.2, 0.25) is 5.02 Å². The molecule has 0 spiro atoms. The maximum absolute atomic E-state index is 11.9. The molecule has 4 nitrogen and oxygen atoms in total. The lowest BCUT2D eigenvalue weighted by Gasteiger charge is -2.06. The molecule has 0 aliphatic carbocycles. The predicted molar refractivity (Wildman–Crippen MR) is 71.2 cm³/mol. The van der Waals surface area contributed by atoms with Gasteiger partial charge in [0.05, 0.1) is 16.7 Å². The minimum absolute atomic E-state index is 0.0165. The molecule has 0 fully saturated rings. The highest BCUT2D eigenvalue weighted by Crippen LogP contribution is 2.22. The number of alkyl halides is 1. The lowest BCUT2D eigenvalue weighted by molar-refractivity contribution is 0.585. The van der Waals surface area contributed by atoms with E-state index in [0.29, 0.717) is 11.4 Å². The van der Waals surface area contributed by atoms with Crippen LogP contribution in [0.3, 0.4) is 0 Å². The minimum Gasteiger partial charge on any atom is -0.207 e.